The molecule has 108 valence electrons. The standard InChI is InChI=1S/C13H16FN3O3/c1-20-6-9(15)13(19)17-11-5-10-7(4-8(11)14)2-3-12(18)16-10/h4-5,9H,2-3,6,15H2,1H3,(H,16,18)(H,17,19). The van der Waals surface area contributed by atoms with Crippen LogP contribution in [0.15, 0.2) is 12.1 Å². The molecule has 0 radical (unpaired) electrons. The van der Waals surface area contributed by atoms with Crippen molar-refractivity contribution in [3.8, 4) is 0 Å². The molecule has 0 aliphatic carbocycles. The first-order chi connectivity index (χ1) is 9.51. The SMILES string of the molecule is COCC(N)C(=O)Nc1cc2c(cc1F)CCC(=O)N2. The average molecular weight is 281 g/mol. The minimum atomic E-state index is -0.884. The zero-order valence-corrected chi connectivity index (χ0v) is 11.0. The molecule has 20 heavy (non-hydrogen) atoms. The first-order valence-electron chi connectivity index (χ1n) is 6.19. The second-order valence-corrected chi connectivity index (χ2v) is 4.59. The van der Waals surface area contributed by atoms with Gasteiger partial charge < -0.3 is 21.1 Å². The minimum absolute atomic E-state index is 0.0116. The van der Waals surface area contributed by atoms with Gasteiger partial charge in [0.15, 0.2) is 0 Å². The van der Waals surface area contributed by atoms with Gasteiger partial charge in [-0.25, -0.2) is 4.39 Å². The van der Waals surface area contributed by atoms with E-state index in [4.69, 9.17) is 10.5 Å². The maximum Gasteiger partial charge on any atom is 0.243 e. The Hall–Kier alpha value is -1.99. The monoisotopic (exact) mass is 281 g/mol. The molecule has 1 atom stereocenters. The van der Waals surface area contributed by atoms with Crippen molar-refractivity contribution in [2.45, 2.75) is 18.9 Å². The fourth-order valence-corrected chi connectivity index (χ4v) is 1.98. The number of amides is 2. The fraction of sp³-hybridized carbons (Fsp3) is 0.385. The van der Waals surface area contributed by atoms with Crippen LogP contribution in [0.1, 0.15) is 12.0 Å². The third kappa shape index (κ3) is 3.12. The van der Waals surface area contributed by atoms with Crippen molar-refractivity contribution in [2.24, 2.45) is 5.73 Å². The lowest BCUT2D eigenvalue weighted by Crippen LogP contribution is -2.39. The number of fused-ring (bicyclic) bond motifs is 1. The number of aryl methyl sites for hydroxylation is 1. The molecule has 1 aromatic carbocycles. The Morgan fingerprint density at radius 2 is 2.30 bits per heavy atom. The maximum absolute atomic E-state index is 13.9. The van der Waals surface area contributed by atoms with Crippen LogP contribution < -0.4 is 16.4 Å². The largest absolute Gasteiger partial charge is 0.383 e. The molecule has 0 saturated heterocycles. The van der Waals surface area contributed by atoms with Gasteiger partial charge in [0.05, 0.1) is 12.3 Å². The second kappa shape index (κ2) is 5.98. The summed E-state index contributed by atoms with van der Waals surface area (Å²) in [6, 6.07) is 1.83. The molecule has 2 amide bonds. The van der Waals surface area contributed by atoms with Crippen molar-refractivity contribution in [1.29, 1.82) is 0 Å². The van der Waals surface area contributed by atoms with Crippen LogP contribution in [0.25, 0.3) is 0 Å². The van der Waals surface area contributed by atoms with Crippen molar-refractivity contribution >= 4 is 23.2 Å². The number of carbonyl (C=O) groups is 2. The van der Waals surface area contributed by atoms with E-state index in [9.17, 15) is 14.0 Å². The highest BCUT2D eigenvalue weighted by Crippen LogP contribution is 2.28. The second-order valence-electron chi connectivity index (χ2n) is 4.59. The van der Waals surface area contributed by atoms with Gasteiger partial charge in [-0.3, -0.25) is 9.59 Å². The summed E-state index contributed by atoms with van der Waals surface area (Å²) in [4.78, 5) is 23.0. The van der Waals surface area contributed by atoms with Gasteiger partial charge in [0.1, 0.15) is 11.9 Å². The lowest BCUT2D eigenvalue weighted by Gasteiger charge is -2.19. The highest BCUT2D eigenvalue weighted by atomic mass is 19.1. The first-order valence-corrected chi connectivity index (χ1v) is 6.19. The molecule has 0 bridgehead atoms. The number of halogens is 1. The number of nitrogens with two attached hydrogens (primary N) is 1. The van der Waals surface area contributed by atoms with Crippen molar-refractivity contribution < 1.29 is 18.7 Å². The van der Waals surface area contributed by atoms with Gasteiger partial charge in [-0.05, 0) is 24.1 Å². The number of hydrogen-bond acceptors (Lipinski definition) is 4. The molecule has 4 N–H and O–H groups in total. The number of hydrogen-bond donors (Lipinski definition) is 3. The highest BCUT2D eigenvalue weighted by Gasteiger charge is 2.20. The number of benzene rings is 1. The molecule has 6 nitrogen and oxygen atoms in total. The Bertz CT molecular complexity index is 548. The van der Waals surface area contributed by atoms with Crippen LogP contribution >= 0.6 is 0 Å². The van der Waals surface area contributed by atoms with Crippen molar-refractivity contribution in [2.75, 3.05) is 24.4 Å². The van der Waals surface area contributed by atoms with Gasteiger partial charge >= 0.3 is 0 Å². The van der Waals surface area contributed by atoms with E-state index in [0.29, 0.717) is 24.1 Å². The summed E-state index contributed by atoms with van der Waals surface area (Å²) in [5.41, 5.74) is 6.77. The van der Waals surface area contributed by atoms with E-state index >= 15 is 0 Å². The van der Waals surface area contributed by atoms with Crippen molar-refractivity contribution in [3.05, 3.63) is 23.5 Å². The zero-order chi connectivity index (χ0) is 14.7. The lowest BCUT2D eigenvalue weighted by molar-refractivity contribution is -0.118. The predicted octanol–water partition coefficient (Wildman–Crippen LogP) is 0.623. The van der Waals surface area contributed by atoms with E-state index in [2.05, 4.69) is 10.6 Å². The van der Waals surface area contributed by atoms with Gasteiger partial charge in [-0.1, -0.05) is 0 Å². The van der Waals surface area contributed by atoms with Crippen LogP contribution in [0, 0.1) is 5.82 Å². The Balaban J connectivity index is 2.18. The van der Waals surface area contributed by atoms with Gasteiger partial charge in [0.2, 0.25) is 11.8 Å². The Morgan fingerprint density at radius 1 is 1.55 bits per heavy atom. The topological polar surface area (TPSA) is 93.4 Å². The van der Waals surface area contributed by atoms with Crippen LogP contribution in [-0.4, -0.2) is 31.6 Å². The van der Waals surface area contributed by atoms with E-state index in [-0.39, 0.29) is 18.2 Å². The van der Waals surface area contributed by atoms with E-state index in [1.54, 1.807) is 0 Å². The molecule has 1 unspecified atom stereocenters. The molecule has 1 heterocycles. The highest BCUT2D eigenvalue weighted by molar-refractivity contribution is 5.98. The van der Waals surface area contributed by atoms with Crippen LogP contribution in [0.5, 0.6) is 0 Å². The van der Waals surface area contributed by atoms with Gasteiger partial charge in [0.25, 0.3) is 0 Å². The summed E-state index contributed by atoms with van der Waals surface area (Å²) < 4.78 is 18.6. The smallest absolute Gasteiger partial charge is 0.243 e. The van der Waals surface area contributed by atoms with E-state index < -0.39 is 17.8 Å². The predicted molar refractivity (Wildman–Crippen MR) is 71.8 cm³/mol. The molecule has 7 heteroatoms. The Kier molecular flexibility index (Phi) is 4.31. The molecule has 0 fully saturated rings. The summed E-state index contributed by atoms with van der Waals surface area (Å²) in [7, 11) is 1.42. The third-order valence-electron chi connectivity index (χ3n) is 3.03. The van der Waals surface area contributed by atoms with E-state index in [0.717, 1.165) is 0 Å². The summed E-state index contributed by atoms with van der Waals surface area (Å²) in [5.74, 6) is -1.23. The van der Waals surface area contributed by atoms with Gasteiger partial charge in [0, 0.05) is 19.2 Å². The van der Waals surface area contributed by atoms with Crippen molar-refractivity contribution in [3.63, 3.8) is 0 Å². The summed E-state index contributed by atoms with van der Waals surface area (Å²) in [6.45, 7) is 0.0368. The van der Waals surface area contributed by atoms with E-state index in [1.807, 2.05) is 0 Å². The van der Waals surface area contributed by atoms with Crippen molar-refractivity contribution in [1.82, 2.24) is 0 Å². The van der Waals surface area contributed by atoms with E-state index in [1.165, 1.54) is 19.2 Å². The number of nitrogens with one attached hydrogen (secondary N) is 2. The quantitative estimate of drug-likeness (QED) is 0.754. The van der Waals surface area contributed by atoms with Crippen LogP contribution in [0.2, 0.25) is 0 Å². The lowest BCUT2D eigenvalue weighted by atomic mass is 10.0. The number of carbonyl (C=O) groups excluding carboxylic acids is 2. The average Bonchev–Trinajstić information content (AvgIpc) is 2.40. The van der Waals surface area contributed by atoms with Crippen LogP contribution in [0.3, 0.4) is 0 Å². The minimum Gasteiger partial charge on any atom is -0.383 e. The Labute approximate surface area is 115 Å². The number of rotatable bonds is 4. The Morgan fingerprint density at radius 3 is 3.00 bits per heavy atom. The van der Waals surface area contributed by atoms with Crippen LogP contribution in [-0.2, 0) is 20.7 Å². The molecule has 1 aliphatic rings. The van der Waals surface area contributed by atoms with Gasteiger partial charge in [-0.15, -0.1) is 0 Å². The number of ether oxygens (including phenoxy) is 1. The first kappa shape index (κ1) is 14.4. The maximum atomic E-state index is 13.9. The fourth-order valence-electron chi connectivity index (χ4n) is 1.98. The molecular formula is C13H16FN3O3. The van der Waals surface area contributed by atoms with Gasteiger partial charge in [-0.2, -0.15) is 0 Å². The summed E-state index contributed by atoms with van der Waals surface area (Å²) >= 11 is 0. The molecule has 1 aliphatic heterocycles. The molecule has 2 rings (SSSR count). The summed E-state index contributed by atoms with van der Waals surface area (Å²) in [6.07, 6.45) is 0.812. The molecular weight excluding hydrogens is 265 g/mol. The third-order valence-corrected chi connectivity index (χ3v) is 3.03. The molecule has 1 aromatic rings. The molecule has 0 spiro atoms. The van der Waals surface area contributed by atoms with Crippen LogP contribution in [0.4, 0.5) is 15.8 Å². The summed E-state index contributed by atoms with van der Waals surface area (Å²) in [5, 5.41) is 5.03. The zero-order valence-electron chi connectivity index (χ0n) is 11.0. The normalized spacial score (nSPS) is 15.2. The number of anilines is 2. The molecule has 0 aromatic heterocycles. The molecule has 0 saturated carbocycles. The number of methoxy groups -OCH3 is 1.